The zero-order chi connectivity index (χ0) is 15.5. The van der Waals surface area contributed by atoms with Crippen molar-refractivity contribution < 1.29 is 0 Å². The predicted octanol–water partition coefficient (Wildman–Crippen LogP) is 7.68. The lowest BCUT2D eigenvalue weighted by Crippen LogP contribution is -2.23. The summed E-state index contributed by atoms with van der Waals surface area (Å²) in [5, 5.41) is 0. The van der Waals surface area contributed by atoms with E-state index in [-0.39, 0.29) is 0 Å². The van der Waals surface area contributed by atoms with Gasteiger partial charge in [0.15, 0.2) is 0 Å². The van der Waals surface area contributed by atoms with Gasteiger partial charge in [-0.15, -0.1) is 0 Å². The van der Waals surface area contributed by atoms with Crippen molar-refractivity contribution in [2.45, 2.75) is 110 Å². The van der Waals surface area contributed by atoms with Crippen LogP contribution in [0.15, 0.2) is 12.2 Å². The summed E-state index contributed by atoms with van der Waals surface area (Å²) in [6, 6.07) is 0. The number of unbranched alkanes of at least 4 members (excludes halogenated alkanes) is 4. The van der Waals surface area contributed by atoms with Gasteiger partial charge in [0, 0.05) is 0 Å². The second-order valence-corrected chi connectivity index (χ2v) is 8.08. The van der Waals surface area contributed by atoms with Crippen LogP contribution in [-0.2, 0) is 0 Å². The van der Waals surface area contributed by atoms with Gasteiger partial charge in [0.1, 0.15) is 0 Å². The van der Waals surface area contributed by atoms with Crippen molar-refractivity contribution in [1.29, 1.82) is 0 Å². The smallest absolute Gasteiger partial charge is 0.0351 e. The molecule has 2 aliphatic carbocycles. The average molecular weight is 305 g/mol. The lowest BCUT2D eigenvalue weighted by molar-refractivity contribution is 0.163. The van der Waals surface area contributed by atoms with E-state index in [1.54, 1.807) is 38.5 Å². The molecule has 0 spiro atoms. The molecule has 0 heterocycles. The minimum atomic E-state index is 1.06. The van der Waals surface area contributed by atoms with Crippen LogP contribution in [0.5, 0.6) is 0 Å². The molecular weight excluding hydrogens is 264 g/mol. The number of hydrogen-bond donors (Lipinski definition) is 0. The van der Waals surface area contributed by atoms with Crippen molar-refractivity contribution in [1.82, 2.24) is 0 Å². The molecule has 0 aliphatic heterocycles. The molecule has 0 unspecified atom stereocenters. The van der Waals surface area contributed by atoms with E-state index < -0.39 is 0 Å². The standard InChI is InChI=1S/C22H40/c1-2-3-4-5-6-7-8-10-13-20-16-18-22(19-17-20)21-14-11-9-12-15-21/h6-7,20-22H,2-5,8-19H2,1H3/b7-6-. The van der Waals surface area contributed by atoms with E-state index in [0.29, 0.717) is 0 Å². The molecular formula is C22H40. The second-order valence-electron chi connectivity index (χ2n) is 8.08. The topological polar surface area (TPSA) is 0 Å². The van der Waals surface area contributed by atoms with Crippen LogP contribution in [0.4, 0.5) is 0 Å². The fraction of sp³-hybridized carbons (Fsp3) is 0.909. The van der Waals surface area contributed by atoms with Crippen molar-refractivity contribution in [3.8, 4) is 0 Å². The average Bonchev–Trinajstić information content (AvgIpc) is 2.59. The van der Waals surface area contributed by atoms with Crippen LogP contribution < -0.4 is 0 Å². The van der Waals surface area contributed by atoms with Gasteiger partial charge in [0.2, 0.25) is 0 Å². The maximum atomic E-state index is 2.45. The maximum Gasteiger partial charge on any atom is -0.0351 e. The highest BCUT2D eigenvalue weighted by atomic mass is 14.3. The van der Waals surface area contributed by atoms with Crippen molar-refractivity contribution >= 4 is 0 Å². The van der Waals surface area contributed by atoms with Crippen LogP contribution >= 0.6 is 0 Å². The molecule has 0 nitrogen and oxygen atoms in total. The highest BCUT2D eigenvalue weighted by Crippen LogP contribution is 2.40. The number of hydrogen-bond acceptors (Lipinski definition) is 0. The first kappa shape index (κ1) is 18.1. The molecule has 0 atom stereocenters. The molecule has 2 rings (SSSR count). The summed E-state index contributed by atoms with van der Waals surface area (Å²) in [5.74, 6) is 3.28. The molecule has 0 aromatic carbocycles. The van der Waals surface area contributed by atoms with Gasteiger partial charge in [-0.2, -0.15) is 0 Å². The lowest BCUT2D eigenvalue weighted by atomic mass is 9.70. The van der Waals surface area contributed by atoms with Crippen molar-refractivity contribution in [3.05, 3.63) is 12.2 Å². The summed E-state index contributed by atoms with van der Waals surface area (Å²) in [4.78, 5) is 0. The Morgan fingerprint density at radius 2 is 1.32 bits per heavy atom. The molecule has 128 valence electrons. The van der Waals surface area contributed by atoms with Crippen LogP contribution in [0.1, 0.15) is 110 Å². The zero-order valence-electron chi connectivity index (χ0n) is 15.2. The van der Waals surface area contributed by atoms with Crippen LogP contribution in [-0.4, -0.2) is 0 Å². The Hall–Kier alpha value is -0.260. The molecule has 0 aromatic heterocycles. The molecule has 2 fully saturated rings. The first-order chi connectivity index (χ1) is 10.9. The van der Waals surface area contributed by atoms with Gasteiger partial charge >= 0.3 is 0 Å². The normalized spacial score (nSPS) is 27.5. The highest BCUT2D eigenvalue weighted by Gasteiger charge is 2.28. The van der Waals surface area contributed by atoms with E-state index in [0.717, 1.165) is 17.8 Å². The molecule has 2 saturated carbocycles. The van der Waals surface area contributed by atoms with Crippen molar-refractivity contribution in [2.75, 3.05) is 0 Å². The molecule has 0 saturated heterocycles. The summed E-state index contributed by atoms with van der Waals surface area (Å²) in [7, 11) is 0. The second kappa shape index (κ2) is 11.3. The third-order valence-electron chi connectivity index (χ3n) is 6.33. The van der Waals surface area contributed by atoms with Crippen LogP contribution in [0.2, 0.25) is 0 Å². The molecule has 0 bridgehead atoms. The van der Waals surface area contributed by atoms with E-state index in [4.69, 9.17) is 0 Å². The number of rotatable bonds is 9. The zero-order valence-corrected chi connectivity index (χ0v) is 15.2. The van der Waals surface area contributed by atoms with Gasteiger partial charge in [0.25, 0.3) is 0 Å². The van der Waals surface area contributed by atoms with Crippen molar-refractivity contribution in [3.63, 3.8) is 0 Å². The molecule has 0 N–H and O–H groups in total. The Labute approximate surface area is 140 Å². The molecule has 0 aromatic rings. The SMILES string of the molecule is CCCCC/C=C\CCCC1CCC(C2CCCCC2)CC1. The maximum absolute atomic E-state index is 2.45. The Bertz CT molecular complexity index is 276. The summed E-state index contributed by atoms with van der Waals surface area (Å²) < 4.78 is 0. The third-order valence-corrected chi connectivity index (χ3v) is 6.33. The summed E-state index contributed by atoms with van der Waals surface area (Å²) in [6.07, 6.45) is 28.4. The van der Waals surface area contributed by atoms with E-state index in [1.165, 1.54) is 64.2 Å². The number of allylic oxidation sites excluding steroid dienone is 2. The van der Waals surface area contributed by atoms with Crippen LogP contribution in [0, 0.1) is 17.8 Å². The third kappa shape index (κ3) is 6.88. The van der Waals surface area contributed by atoms with E-state index in [2.05, 4.69) is 19.1 Å². The summed E-state index contributed by atoms with van der Waals surface area (Å²) in [6.45, 7) is 2.28. The fourth-order valence-corrected chi connectivity index (χ4v) is 4.83. The Kier molecular flexibility index (Phi) is 9.29. The quantitative estimate of drug-likeness (QED) is 0.302. The lowest BCUT2D eigenvalue weighted by Gasteiger charge is -2.36. The largest absolute Gasteiger partial charge is 0.0885 e. The predicted molar refractivity (Wildman–Crippen MR) is 99.2 cm³/mol. The first-order valence-corrected chi connectivity index (χ1v) is 10.5. The minimum absolute atomic E-state index is 1.06. The Morgan fingerprint density at radius 3 is 2.00 bits per heavy atom. The van der Waals surface area contributed by atoms with E-state index in [9.17, 15) is 0 Å². The van der Waals surface area contributed by atoms with Gasteiger partial charge in [-0.3, -0.25) is 0 Å². The molecule has 22 heavy (non-hydrogen) atoms. The van der Waals surface area contributed by atoms with Crippen LogP contribution in [0.25, 0.3) is 0 Å². The first-order valence-electron chi connectivity index (χ1n) is 10.5. The van der Waals surface area contributed by atoms with E-state index >= 15 is 0 Å². The minimum Gasteiger partial charge on any atom is -0.0885 e. The summed E-state index contributed by atoms with van der Waals surface area (Å²) >= 11 is 0. The Morgan fingerprint density at radius 1 is 0.682 bits per heavy atom. The molecule has 0 heteroatoms. The van der Waals surface area contributed by atoms with Gasteiger partial charge in [-0.1, -0.05) is 83.3 Å². The molecule has 0 radical (unpaired) electrons. The van der Waals surface area contributed by atoms with Gasteiger partial charge in [-0.25, -0.2) is 0 Å². The highest BCUT2D eigenvalue weighted by molar-refractivity contribution is 4.83. The monoisotopic (exact) mass is 304 g/mol. The fourth-order valence-electron chi connectivity index (χ4n) is 4.83. The van der Waals surface area contributed by atoms with Crippen LogP contribution in [0.3, 0.4) is 0 Å². The van der Waals surface area contributed by atoms with E-state index in [1.807, 2.05) is 0 Å². The molecule has 2 aliphatic rings. The Balaban J connectivity index is 1.48. The summed E-state index contributed by atoms with van der Waals surface area (Å²) in [5.41, 5.74) is 0. The van der Waals surface area contributed by atoms with Gasteiger partial charge in [0.05, 0.1) is 0 Å². The van der Waals surface area contributed by atoms with Gasteiger partial charge in [-0.05, 0) is 56.3 Å². The van der Waals surface area contributed by atoms with Gasteiger partial charge < -0.3 is 0 Å². The van der Waals surface area contributed by atoms with Crippen molar-refractivity contribution in [2.24, 2.45) is 17.8 Å². The molecule has 0 amide bonds.